The first-order valence-corrected chi connectivity index (χ1v) is 5.12. The topological polar surface area (TPSA) is 76.7 Å². The van der Waals surface area contributed by atoms with Crippen LogP contribution in [0.25, 0.3) is 11.3 Å². The van der Waals surface area contributed by atoms with Gasteiger partial charge in [0.2, 0.25) is 0 Å². The highest BCUT2D eigenvalue weighted by Crippen LogP contribution is 2.27. The predicted molar refractivity (Wildman–Crippen MR) is 62.5 cm³/mol. The molecule has 0 bridgehead atoms. The van der Waals surface area contributed by atoms with Crippen molar-refractivity contribution in [3.63, 3.8) is 0 Å². The number of ether oxygens (including phenoxy) is 1. The van der Waals surface area contributed by atoms with E-state index in [-0.39, 0.29) is 17.1 Å². The molecule has 1 N–H and O–H groups in total. The lowest BCUT2D eigenvalue weighted by Crippen LogP contribution is -2.01. The third kappa shape index (κ3) is 2.10. The van der Waals surface area contributed by atoms with Crippen molar-refractivity contribution in [2.45, 2.75) is 0 Å². The number of hydrogen-bond donors (Lipinski definition) is 1. The number of benzene rings is 1. The third-order valence-electron chi connectivity index (χ3n) is 2.43. The molecule has 0 fully saturated rings. The number of aromatic hydroxyl groups is 1. The van der Waals surface area contributed by atoms with Crippen molar-refractivity contribution in [3.8, 4) is 17.1 Å². The van der Waals surface area contributed by atoms with Crippen LogP contribution in [-0.4, -0.2) is 24.5 Å². The number of carbonyl (C=O) groups excluding carboxylic acids is 2. The molecule has 0 radical (unpaired) electrons. The van der Waals surface area contributed by atoms with Crippen molar-refractivity contribution < 1.29 is 23.8 Å². The molecule has 1 aromatic heterocycles. The number of methoxy groups -OCH3 is 1. The maximum Gasteiger partial charge on any atom is 0.341 e. The molecule has 2 rings (SSSR count). The fourth-order valence-electron chi connectivity index (χ4n) is 1.53. The van der Waals surface area contributed by atoms with E-state index in [1.165, 1.54) is 25.3 Å². The van der Waals surface area contributed by atoms with Gasteiger partial charge in [-0.15, -0.1) is 0 Å². The van der Waals surface area contributed by atoms with E-state index in [2.05, 4.69) is 4.74 Å². The number of esters is 1. The van der Waals surface area contributed by atoms with Crippen LogP contribution in [0.1, 0.15) is 20.9 Å². The number of aldehydes is 1. The number of furan rings is 1. The monoisotopic (exact) mass is 246 g/mol. The molecule has 92 valence electrons. The van der Waals surface area contributed by atoms with Crippen molar-refractivity contribution in [2.75, 3.05) is 7.11 Å². The predicted octanol–water partition coefficient (Wildman–Crippen LogP) is 2.25. The molecule has 1 heterocycles. The van der Waals surface area contributed by atoms with Crippen LogP contribution in [0.3, 0.4) is 0 Å². The molecule has 2 aromatic rings. The summed E-state index contributed by atoms with van der Waals surface area (Å²) >= 11 is 0. The Kier molecular flexibility index (Phi) is 3.14. The molecule has 0 amide bonds. The smallest absolute Gasteiger partial charge is 0.341 e. The molecule has 0 unspecified atom stereocenters. The SMILES string of the molecule is COC(=O)c1cc(-c2ccc(C=O)o2)ccc1O. The van der Waals surface area contributed by atoms with Gasteiger partial charge in [0.05, 0.1) is 7.11 Å². The molecule has 18 heavy (non-hydrogen) atoms. The third-order valence-corrected chi connectivity index (χ3v) is 2.43. The number of rotatable bonds is 3. The van der Waals surface area contributed by atoms with Crippen molar-refractivity contribution in [1.29, 1.82) is 0 Å². The second-order valence-electron chi connectivity index (χ2n) is 3.54. The van der Waals surface area contributed by atoms with Crippen LogP contribution in [0.2, 0.25) is 0 Å². The van der Waals surface area contributed by atoms with Crippen LogP contribution in [0, 0.1) is 0 Å². The fraction of sp³-hybridized carbons (Fsp3) is 0.0769. The van der Waals surface area contributed by atoms with Crippen LogP contribution < -0.4 is 0 Å². The van der Waals surface area contributed by atoms with E-state index in [0.29, 0.717) is 17.6 Å². The quantitative estimate of drug-likeness (QED) is 0.663. The zero-order valence-electron chi connectivity index (χ0n) is 9.54. The van der Waals surface area contributed by atoms with E-state index >= 15 is 0 Å². The van der Waals surface area contributed by atoms with Crippen molar-refractivity contribution in [2.24, 2.45) is 0 Å². The summed E-state index contributed by atoms with van der Waals surface area (Å²) in [5, 5.41) is 9.55. The van der Waals surface area contributed by atoms with E-state index in [0.717, 1.165) is 0 Å². The Morgan fingerprint density at radius 1 is 1.33 bits per heavy atom. The van der Waals surface area contributed by atoms with Gasteiger partial charge in [0.15, 0.2) is 12.0 Å². The highest BCUT2D eigenvalue weighted by atomic mass is 16.5. The number of phenolic OH excluding ortho intramolecular Hbond substituents is 1. The zero-order chi connectivity index (χ0) is 13.1. The van der Waals surface area contributed by atoms with Crippen molar-refractivity contribution in [1.82, 2.24) is 0 Å². The summed E-state index contributed by atoms with van der Waals surface area (Å²) in [6, 6.07) is 7.51. The number of carbonyl (C=O) groups is 2. The summed E-state index contributed by atoms with van der Waals surface area (Å²) in [4.78, 5) is 21.9. The van der Waals surface area contributed by atoms with E-state index in [4.69, 9.17) is 4.42 Å². The van der Waals surface area contributed by atoms with Gasteiger partial charge in [-0.3, -0.25) is 4.79 Å². The lowest BCUT2D eigenvalue weighted by atomic mass is 10.1. The Balaban J connectivity index is 2.46. The Morgan fingerprint density at radius 3 is 2.72 bits per heavy atom. The highest BCUT2D eigenvalue weighted by molar-refractivity contribution is 5.93. The Labute approximate surface area is 103 Å². The van der Waals surface area contributed by atoms with Gasteiger partial charge in [0.25, 0.3) is 0 Å². The second kappa shape index (κ2) is 4.75. The van der Waals surface area contributed by atoms with Crippen LogP contribution in [0.15, 0.2) is 34.7 Å². The van der Waals surface area contributed by atoms with E-state index in [1.54, 1.807) is 12.1 Å². The zero-order valence-corrected chi connectivity index (χ0v) is 9.54. The molecule has 5 heteroatoms. The fourth-order valence-corrected chi connectivity index (χ4v) is 1.53. The number of phenols is 1. The molecule has 1 aromatic carbocycles. The first-order valence-electron chi connectivity index (χ1n) is 5.12. The van der Waals surface area contributed by atoms with E-state index in [9.17, 15) is 14.7 Å². The van der Waals surface area contributed by atoms with Gasteiger partial charge in [-0.1, -0.05) is 0 Å². The Morgan fingerprint density at radius 2 is 2.11 bits per heavy atom. The van der Waals surface area contributed by atoms with Crippen LogP contribution in [-0.2, 0) is 4.74 Å². The Bertz CT molecular complexity index is 597. The van der Waals surface area contributed by atoms with Crippen molar-refractivity contribution >= 4 is 12.3 Å². The summed E-state index contributed by atoms with van der Waals surface area (Å²) in [5.74, 6) is -0.191. The first-order chi connectivity index (χ1) is 8.65. The average molecular weight is 246 g/mol. The minimum atomic E-state index is -0.642. The van der Waals surface area contributed by atoms with E-state index in [1.807, 2.05) is 0 Å². The standard InChI is InChI=1S/C13H10O5/c1-17-13(16)10-6-8(2-4-11(10)15)12-5-3-9(7-14)18-12/h2-7,15H,1H3. The van der Waals surface area contributed by atoms with Gasteiger partial charge in [0.1, 0.15) is 17.1 Å². The molecule has 5 nitrogen and oxygen atoms in total. The van der Waals surface area contributed by atoms with Gasteiger partial charge in [-0.25, -0.2) is 4.79 Å². The van der Waals surface area contributed by atoms with Gasteiger partial charge in [-0.2, -0.15) is 0 Å². The lowest BCUT2D eigenvalue weighted by molar-refractivity contribution is 0.0597. The molecule has 0 aliphatic heterocycles. The molecule has 0 aliphatic rings. The molecule has 0 saturated carbocycles. The van der Waals surface area contributed by atoms with Crippen LogP contribution in [0.5, 0.6) is 5.75 Å². The lowest BCUT2D eigenvalue weighted by Gasteiger charge is -2.04. The summed E-state index contributed by atoms with van der Waals surface area (Å²) in [7, 11) is 1.23. The Hall–Kier alpha value is -2.56. The molecule has 0 spiro atoms. The molecule has 0 atom stereocenters. The van der Waals surface area contributed by atoms with E-state index < -0.39 is 5.97 Å². The van der Waals surface area contributed by atoms with Gasteiger partial charge >= 0.3 is 5.97 Å². The summed E-state index contributed by atoms with van der Waals surface area (Å²) in [6.07, 6.45) is 0.588. The van der Waals surface area contributed by atoms with Crippen LogP contribution >= 0.6 is 0 Å². The highest BCUT2D eigenvalue weighted by Gasteiger charge is 2.14. The summed E-state index contributed by atoms with van der Waals surface area (Å²) in [5.41, 5.74) is 0.611. The summed E-state index contributed by atoms with van der Waals surface area (Å²) in [6.45, 7) is 0. The number of hydrogen-bond acceptors (Lipinski definition) is 5. The minimum Gasteiger partial charge on any atom is -0.507 e. The molecule has 0 aliphatic carbocycles. The molecular weight excluding hydrogens is 236 g/mol. The normalized spacial score (nSPS) is 10.1. The summed E-state index contributed by atoms with van der Waals surface area (Å²) < 4.78 is 9.77. The largest absolute Gasteiger partial charge is 0.507 e. The first kappa shape index (κ1) is 11.9. The minimum absolute atomic E-state index is 0.0408. The maximum absolute atomic E-state index is 11.4. The van der Waals surface area contributed by atoms with Crippen LogP contribution in [0.4, 0.5) is 0 Å². The maximum atomic E-state index is 11.4. The van der Waals surface area contributed by atoms with Crippen molar-refractivity contribution in [3.05, 3.63) is 41.7 Å². The van der Waals surface area contributed by atoms with Gasteiger partial charge in [0, 0.05) is 5.56 Å². The molecule has 0 saturated heterocycles. The second-order valence-corrected chi connectivity index (χ2v) is 3.54. The van der Waals surface area contributed by atoms with Gasteiger partial charge in [-0.05, 0) is 30.3 Å². The van der Waals surface area contributed by atoms with Gasteiger partial charge < -0.3 is 14.3 Å². The average Bonchev–Trinajstić information content (AvgIpc) is 2.87. The molecular formula is C13H10O5.